The van der Waals surface area contributed by atoms with Crippen LogP contribution in [-0.2, 0) is 0 Å². The summed E-state index contributed by atoms with van der Waals surface area (Å²) in [5, 5.41) is 13.9. The first-order valence-corrected chi connectivity index (χ1v) is 7.29. The highest BCUT2D eigenvalue weighted by Gasteiger charge is 2.27. The summed E-state index contributed by atoms with van der Waals surface area (Å²) < 4.78 is 0. The molecule has 1 aromatic carbocycles. The van der Waals surface area contributed by atoms with Crippen molar-refractivity contribution in [3.8, 4) is 0 Å². The molecule has 1 aliphatic carbocycles. The van der Waals surface area contributed by atoms with Crippen molar-refractivity contribution >= 4 is 11.6 Å². The molecule has 21 heavy (non-hydrogen) atoms. The molecule has 1 amide bonds. The van der Waals surface area contributed by atoms with Gasteiger partial charge in [-0.2, -0.15) is 0 Å². The van der Waals surface area contributed by atoms with Gasteiger partial charge in [-0.1, -0.05) is 18.9 Å². The van der Waals surface area contributed by atoms with Crippen LogP contribution in [0.15, 0.2) is 18.2 Å². The number of carbonyl (C=O) groups excluding carboxylic acids is 1. The van der Waals surface area contributed by atoms with Crippen LogP contribution in [0, 0.1) is 23.0 Å². The quantitative estimate of drug-likeness (QED) is 0.656. The SMILES string of the molecule is Cc1c(C(=O)NC2CCCCC2CN)cccc1[N+](=O)[O-]. The number of hydrogen-bond donors (Lipinski definition) is 2. The zero-order valence-corrected chi connectivity index (χ0v) is 12.2. The fraction of sp³-hybridized carbons (Fsp3) is 0.533. The Balaban J connectivity index is 2.17. The smallest absolute Gasteiger partial charge is 0.273 e. The second-order valence-electron chi connectivity index (χ2n) is 5.57. The minimum Gasteiger partial charge on any atom is -0.349 e. The van der Waals surface area contributed by atoms with Crippen molar-refractivity contribution < 1.29 is 9.72 Å². The van der Waals surface area contributed by atoms with Gasteiger partial charge in [0.05, 0.1) is 4.92 Å². The second kappa shape index (κ2) is 6.67. The van der Waals surface area contributed by atoms with E-state index in [0.29, 0.717) is 23.6 Å². The molecule has 2 unspecified atom stereocenters. The standard InChI is InChI=1S/C15H21N3O3/c1-10-12(6-4-8-14(10)18(20)21)15(19)17-13-7-3-2-5-11(13)9-16/h4,6,8,11,13H,2-3,5,7,9,16H2,1H3,(H,17,19). The average Bonchev–Trinajstić information content (AvgIpc) is 2.47. The van der Waals surface area contributed by atoms with Crippen molar-refractivity contribution in [3.63, 3.8) is 0 Å². The van der Waals surface area contributed by atoms with Gasteiger partial charge in [0, 0.05) is 23.2 Å². The number of nitro groups is 1. The lowest BCUT2D eigenvalue weighted by molar-refractivity contribution is -0.385. The molecule has 1 fully saturated rings. The number of hydrogen-bond acceptors (Lipinski definition) is 4. The Morgan fingerprint density at radius 2 is 2.14 bits per heavy atom. The molecule has 3 N–H and O–H groups in total. The zero-order chi connectivity index (χ0) is 15.4. The molecule has 0 spiro atoms. The van der Waals surface area contributed by atoms with Gasteiger partial charge >= 0.3 is 0 Å². The monoisotopic (exact) mass is 291 g/mol. The van der Waals surface area contributed by atoms with Gasteiger partial charge in [0.25, 0.3) is 11.6 Å². The van der Waals surface area contributed by atoms with E-state index in [-0.39, 0.29) is 17.6 Å². The van der Waals surface area contributed by atoms with Gasteiger partial charge in [0.2, 0.25) is 0 Å². The van der Waals surface area contributed by atoms with E-state index in [4.69, 9.17) is 5.73 Å². The summed E-state index contributed by atoms with van der Waals surface area (Å²) in [6.07, 6.45) is 4.16. The van der Waals surface area contributed by atoms with Gasteiger partial charge in [-0.15, -0.1) is 0 Å². The van der Waals surface area contributed by atoms with Gasteiger partial charge in [0.15, 0.2) is 0 Å². The summed E-state index contributed by atoms with van der Waals surface area (Å²) in [6.45, 7) is 2.16. The van der Waals surface area contributed by atoms with Crippen LogP contribution in [0.2, 0.25) is 0 Å². The van der Waals surface area contributed by atoms with E-state index < -0.39 is 4.92 Å². The summed E-state index contributed by atoms with van der Waals surface area (Å²) in [5.41, 5.74) is 6.50. The second-order valence-corrected chi connectivity index (χ2v) is 5.57. The maximum Gasteiger partial charge on any atom is 0.273 e. The number of nitrogens with two attached hydrogens (primary N) is 1. The molecule has 1 aliphatic rings. The van der Waals surface area contributed by atoms with E-state index in [1.807, 2.05) is 0 Å². The number of rotatable bonds is 4. The normalized spacial score (nSPS) is 21.8. The highest BCUT2D eigenvalue weighted by molar-refractivity contribution is 5.96. The van der Waals surface area contributed by atoms with Crippen LogP contribution in [-0.4, -0.2) is 23.4 Å². The van der Waals surface area contributed by atoms with E-state index in [1.54, 1.807) is 19.1 Å². The fourth-order valence-corrected chi connectivity index (χ4v) is 2.99. The summed E-state index contributed by atoms with van der Waals surface area (Å²) in [7, 11) is 0. The largest absolute Gasteiger partial charge is 0.349 e. The topological polar surface area (TPSA) is 98.3 Å². The lowest BCUT2D eigenvalue weighted by Crippen LogP contribution is -2.44. The van der Waals surface area contributed by atoms with Crippen LogP contribution >= 0.6 is 0 Å². The Morgan fingerprint density at radius 1 is 1.43 bits per heavy atom. The molecule has 0 saturated heterocycles. The van der Waals surface area contributed by atoms with Crippen LogP contribution in [0.1, 0.15) is 41.6 Å². The highest BCUT2D eigenvalue weighted by atomic mass is 16.6. The minimum absolute atomic E-state index is 0.0262. The molecule has 0 radical (unpaired) electrons. The fourth-order valence-electron chi connectivity index (χ4n) is 2.99. The van der Waals surface area contributed by atoms with Crippen molar-refractivity contribution in [2.45, 2.75) is 38.6 Å². The molecule has 2 atom stereocenters. The predicted octanol–water partition coefficient (Wildman–Crippen LogP) is 2.15. The summed E-state index contributed by atoms with van der Waals surface area (Å²) in [4.78, 5) is 22.9. The average molecular weight is 291 g/mol. The van der Waals surface area contributed by atoms with Gasteiger partial charge in [-0.3, -0.25) is 14.9 Å². The number of nitrogens with zero attached hydrogens (tertiary/aromatic N) is 1. The molecule has 0 aliphatic heterocycles. The lowest BCUT2D eigenvalue weighted by atomic mass is 9.84. The molecular formula is C15H21N3O3. The summed E-state index contributed by atoms with van der Waals surface area (Å²) in [6, 6.07) is 4.64. The van der Waals surface area contributed by atoms with Crippen molar-refractivity contribution in [1.82, 2.24) is 5.32 Å². The van der Waals surface area contributed by atoms with Gasteiger partial charge in [-0.05, 0) is 38.3 Å². The molecule has 0 heterocycles. The van der Waals surface area contributed by atoms with E-state index >= 15 is 0 Å². The number of carbonyl (C=O) groups is 1. The highest BCUT2D eigenvalue weighted by Crippen LogP contribution is 2.25. The number of nitro benzene ring substituents is 1. The summed E-state index contributed by atoms with van der Waals surface area (Å²) in [5.74, 6) is 0.0447. The number of amides is 1. The first-order valence-electron chi connectivity index (χ1n) is 7.29. The van der Waals surface area contributed by atoms with Crippen molar-refractivity contribution in [2.24, 2.45) is 11.7 Å². The van der Waals surface area contributed by atoms with E-state index in [9.17, 15) is 14.9 Å². The van der Waals surface area contributed by atoms with Crippen LogP contribution < -0.4 is 11.1 Å². The maximum absolute atomic E-state index is 12.4. The first-order chi connectivity index (χ1) is 10.0. The Hall–Kier alpha value is -1.95. The summed E-state index contributed by atoms with van der Waals surface area (Å²) >= 11 is 0. The minimum atomic E-state index is -0.463. The zero-order valence-electron chi connectivity index (χ0n) is 12.2. The Bertz CT molecular complexity index is 545. The Kier molecular flexibility index (Phi) is 4.90. The van der Waals surface area contributed by atoms with E-state index in [0.717, 1.165) is 25.7 Å². The van der Waals surface area contributed by atoms with Crippen molar-refractivity contribution in [1.29, 1.82) is 0 Å². The van der Waals surface area contributed by atoms with Crippen LogP contribution in [0.4, 0.5) is 5.69 Å². The van der Waals surface area contributed by atoms with Crippen LogP contribution in [0.3, 0.4) is 0 Å². The van der Waals surface area contributed by atoms with E-state index in [1.165, 1.54) is 6.07 Å². The first kappa shape index (κ1) is 15.4. The third kappa shape index (κ3) is 3.39. The molecule has 0 aromatic heterocycles. The molecule has 0 bridgehead atoms. The van der Waals surface area contributed by atoms with Gasteiger partial charge in [-0.25, -0.2) is 0 Å². The predicted molar refractivity (Wildman–Crippen MR) is 80.1 cm³/mol. The molecule has 1 saturated carbocycles. The molecule has 114 valence electrons. The maximum atomic E-state index is 12.4. The lowest BCUT2D eigenvalue weighted by Gasteiger charge is -2.31. The molecule has 1 aromatic rings. The third-order valence-electron chi connectivity index (χ3n) is 4.27. The van der Waals surface area contributed by atoms with E-state index in [2.05, 4.69) is 5.32 Å². The van der Waals surface area contributed by atoms with Gasteiger partial charge in [0.1, 0.15) is 0 Å². The third-order valence-corrected chi connectivity index (χ3v) is 4.27. The molecular weight excluding hydrogens is 270 g/mol. The Morgan fingerprint density at radius 3 is 2.81 bits per heavy atom. The van der Waals surface area contributed by atoms with Crippen molar-refractivity contribution in [2.75, 3.05) is 6.54 Å². The number of nitrogens with one attached hydrogen (secondary N) is 1. The van der Waals surface area contributed by atoms with Gasteiger partial charge < -0.3 is 11.1 Å². The van der Waals surface area contributed by atoms with Crippen LogP contribution in [0.25, 0.3) is 0 Å². The molecule has 6 nitrogen and oxygen atoms in total. The Labute approximate surface area is 123 Å². The molecule has 6 heteroatoms. The van der Waals surface area contributed by atoms with Crippen molar-refractivity contribution in [3.05, 3.63) is 39.4 Å². The number of benzene rings is 1. The van der Waals surface area contributed by atoms with Crippen LogP contribution in [0.5, 0.6) is 0 Å². The molecule has 2 rings (SSSR count).